The Morgan fingerprint density at radius 3 is 1.91 bits per heavy atom. The Hall–Kier alpha value is -5.28. The fourth-order valence-electron chi connectivity index (χ4n) is 5.62. The maximum Gasteiger partial charge on any atom is 0.408 e. The minimum absolute atomic E-state index is 0.0271. The SMILES string of the molecule is N=C(N)c1ccc(C(NC(=O)[C@H](NC(=O)OCc2ccccc2)C(c2ccccc2)c2ccccc2)C(=O)[C@@H]2CCCN2)cc1. The molecule has 0 spiro atoms. The van der Waals surface area contributed by atoms with Crippen LogP contribution in [-0.2, 0) is 20.9 Å². The van der Waals surface area contributed by atoms with Gasteiger partial charge in [-0.2, -0.15) is 0 Å². The number of amides is 2. The molecule has 45 heavy (non-hydrogen) atoms. The van der Waals surface area contributed by atoms with E-state index in [9.17, 15) is 14.4 Å². The molecule has 1 saturated heterocycles. The van der Waals surface area contributed by atoms with Gasteiger partial charge in [-0.1, -0.05) is 115 Å². The van der Waals surface area contributed by atoms with Crippen molar-refractivity contribution in [3.63, 3.8) is 0 Å². The van der Waals surface area contributed by atoms with Crippen LogP contribution in [0.4, 0.5) is 4.79 Å². The van der Waals surface area contributed by atoms with E-state index in [1.807, 2.05) is 91.0 Å². The van der Waals surface area contributed by atoms with Crippen LogP contribution in [0.2, 0.25) is 0 Å². The van der Waals surface area contributed by atoms with E-state index in [2.05, 4.69) is 16.0 Å². The first-order valence-electron chi connectivity index (χ1n) is 15.0. The maximum atomic E-state index is 14.4. The van der Waals surface area contributed by atoms with Gasteiger partial charge in [0.15, 0.2) is 5.78 Å². The number of ether oxygens (including phenoxy) is 1. The van der Waals surface area contributed by atoms with Gasteiger partial charge < -0.3 is 26.4 Å². The Kier molecular flexibility index (Phi) is 10.3. The molecule has 2 amide bonds. The summed E-state index contributed by atoms with van der Waals surface area (Å²) < 4.78 is 5.55. The quantitative estimate of drug-likeness (QED) is 0.118. The number of alkyl carbamates (subject to hydrolysis) is 1. The molecule has 230 valence electrons. The average molecular weight is 604 g/mol. The number of Topliss-reactive ketones (excluding diaryl/α,β-unsaturated/α-hetero) is 1. The molecule has 9 heteroatoms. The third-order valence-electron chi connectivity index (χ3n) is 7.95. The Labute approximate surface area is 262 Å². The van der Waals surface area contributed by atoms with E-state index in [1.165, 1.54) is 0 Å². The molecule has 0 radical (unpaired) electrons. The van der Waals surface area contributed by atoms with Crippen molar-refractivity contribution in [3.8, 4) is 0 Å². The van der Waals surface area contributed by atoms with Gasteiger partial charge in [-0.15, -0.1) is 0 Å². The van der Waals surface area contributed by atoms with Crippen LogP contribution >= 0.6 is 0 Å². The minimum Gasteiger partial charge on any atom is -0.445 e. The molecule has 1 aliphatic heterocycles. The standard InChI is InChI=1S/C36H37N5O4/c37-34(38)28-20-18-27(19-21-28)31(33(42)29-17-10-22-39-29)40-35(43)32(41-36(44)45-23-24-11-4-1-5-12-24)30(25-13-6-2-7-14-25)26-15-8-3-9-16-26/h1-9,11-16,18-21,29-32,39H,10,17,22-23H2,(H3,37,38)(H,40,43)(H,41,44)/t29-,31?,32+/m0/s1. The number of hydrogen-bond acceptors (Lipinski definition) is 6. The van der Waals surface area contributed by atoms with Crippen molar-refractivity contribution < 1.29 is 19.1 Å². The molecule has 0 bridgehead atoms. The molecule has 0 saturated carbocycles. The second-order valence-electron chi connectivity index (χ2n) is 11.0. The first kappa shape index (κ1) is 31.2. The zero-order valence-corrected chi connectivity index (χ0v) is 24.8. The molecule has 1 unspecified atom stereocenters. The van der Waals surface area contributed by atoms with Gasteiger partial charge in [-0.3, -0.25) is 15.0 Å². The van der Waals surface area contributed by atoms with Gasteiger partial charge >= 0.3 is 6.09 Å². The van der Waals surface area contributed by atoms with Crippen molar-refractivity contribution in [2.75, 3.05) is 6.54 Å². The van der Waals surface area contributed by atoms with Gasteiger partial charge in [-0.05, 0) is 41.6 Å². The fraction of sp³-hybridized carbons (Fsp3) is 0.222. The van der Waals surface area contributed by atoms with Gasteiger partial charge in [0.25, 0.3) is 0 Å². The highest BCUT2D eigenvalue weighted by Crippen LogP contribution is 2.30. The molecule has 1 fully saturated rings. The van der Waals surface area contributed by atoms with E-state index >= 15 is 0 Å². The average Bonchev–Trinajstić information content (AvgIpc) is 3.62. The summed E-state index contributed by atoms with van der Waals surface area (Å²) in [6.45, 7) is 0.737. The Bertz CT molecular complexity index is 1550. The summed E-state index contributed by atoms with van der Waals surface area (Å²) in [5, 5.41) is 16.8. The third kappa shape index (κ3) is 8.01. The number of amidine groups is 1. The van der Waals surface area contributed by atoms with Crippen molar-refractivity contribution in [2.45, 2.75) is 43.5 Å². The van der Waals surface area contributed by atoms with Gasteiger partial charge in [0.2, 0.25) is 5.91 Å². The molecule has 1 aliphatic rings. The number of hydrogen-bond donors (Lipinski definition) is 5. The fourth-order valence-corrected chi connectivity index (χ4v) is 5.62. The van der Waals surface area contributed by atoms with Crippen LogP contribution in [0.15, 0.2) is 115 Å². The summed E-state index contributed by atoms with van der Waals surface area (Å²) >= 11 is 0. The van der Waals surface area contributed by atoms with E-state index in [1.54, 1.807) is 24.3 Å². The molecule has 3 atom stereocenters. The molecule has 4 aromatic rings. The number of nitrogen functional groups attached to an aromatic ring is 1. The van der Waals surface area contributed by atoms with Crippen LogP contribution in [0.3, 0.4) is 0 Å². The highest BCUT2D eigenvalue weighted by molar-refractivity contribution is 5.97. The van der Waals surface area contributed by atoms with Crippen LogP contribution in [0, 0.1) is 5.41 Å². The molecule has 0 aromatic heterocycles. The van der Waals surface area contributed by atoms with E-state index in [4.69, 9.17) is 15.9 Å². The number of benzene rings is 4. The summed E-state index contributed by atoms with van der Waals surface area (Å²) in [5.41, 5.74) is 9.12. The van der Waals surface area contributed by atoms with Crippen molar-refractivity contribution >= 4 is 23.6 Å². The molecule has 5 rings (SSSR count). The highest BCUT2D eigenvalue weighted by atomic mass is 16.5. The first-order chi connectivity index (χ1) is 21.9. The number of ketones is 1. The van der Waals surface area contributed by atoms with E-state index in [0.29, 0.717) is 24.1 Å². The van der Waals surface area contributed by atoms with Crippen LogP contribution in [0.1, 0.15) is 52.6 Å². The van der Waals surface area contributed by atoms with Crippen LogP contribution < -0.4 is 21.7 Å². The van der Waals surface area contributed by atoms with E-state index < -0.39 is 36.0 Å². The second kappa shape index (κ2) is 14.9. The lowest BCUT2D eigenvalue weighted by atomic mass is 9.84. The monoisotopic (exact) mass is 603 g/mol. The Morgan fingerprint density at radius 1 is 0.800 bits per heavy atom. The molecule has 0 aliphatic carbocycles. The predicted octanol–water partition coefficient (Wildman–Crippen LogP) is 4.58. The summed E-state index contributed by atoms with van der Waals surface area (Å²) in [4.78, 5) is 41.5. The van der Waals surface area contributed by atoms with Crippen LogP contribution in [0.5, 0.6) is 0 Å². The van der Waals surface area contributed by atoms with Gasteiger partial charge in [0.05, 0.1) is 6.04 Å². The van der Waals surface area contributed by atoms with Crippen molar-refractivity contribution in [1.82, 2.24) is 16.0 Å². The second-order valence-corrected chi connectivity index (χ2v) is 11.0. The topological polar surface area (TPSA) is 146 Å². The predicted molar refractivity (Wildman–Crippen MR) is 173 cm³/mol. The van der Waals surface area contributed by atoms with Crippen LogP contribution in [0.25, 0.3) is 0 Å². The number of carbonyl (C=O) groups is 3. The van der Waals surface area contributed by atoms with Gasteiger partial charge in [0.1, 0.15) is 24.5 Å². The lowest BCUT2D eigenvalue weighted by Gasteiger charge is -2.30. The molecular weight excluding hydrogens is 566 g/mol. The third-order valence-corrected chi connectivity index (χ3v) is 7.95. The number of rotatable bonds is 12. The zero-order valence-electron chi connectivity index (χ0n) is 24.8. The largest absolute Gasteiger partial charge is 0.445 e. The lowest BCUT2D eigenvalue weighted by molar-refractivity contribution is -0.130. The van der Waals surface area contributed by atoms with E-state index in [0.717, 1.165) is 23.1 Å². The normalized spacial score (nSPS) is 15.5. The summed E-state index contributed by atoms with van der Waals surface area (Å²) in [6, 6.07) is 32.3. The number of nitrogens with one attached hydrogen (secondary N) is 4. The number of nitrogens with two attached hydrogens (primary N) is 1. The molecular formula is C36H37N5O4. The molecule has 6 N–H and O–H groups in total. The lowest BCUT2D eigenvalue weighted by Crippen LogP contribution is -2.53. The molecule has 9 nitrogen and oxygen atoms in total. The number of carbonyl (C=O) groups excluding carboxylic acids is 3. The maximum absolute atomic E-state index is 14.4. The summed E-state index contributed by atoms with van der Waals surface area (Å²) in [6.07, 6.45) is 0.741. The zero-order chi connectivity index (χ0) is 31.6. The van der Waals surface area contributed by atoms with Crippen molar-refractivity contribution in [3.05, 3.63) is 143 Å². The molecule has 4 aromatic carbocycles. The minimum atomic E-state index is -1.14. The smallest absolute Gasteiger partial charge is 0.408 e. The summed E-state index contributed by atoms with van der Waals surface area (Å²) in [5.74, 6) is -1.43. The summed E-state index contributed by atoms with van der Waals surface area (Å²) in [7, 11) is 0. The van der Waals surface area contributed by atoms with Gasteiger partial charge in [-0.25, -0.2) is 4.79 Å². The molecule has 1 heterocycles. The Morgan fingerprint density at radius 2 is 1.38 bits per heavy atom. The van der Waals surface area contributed by atoms with Gasteiger partial charge in [0, 0.05) is 11.5 Å². The van der Waals surface area contributed by atoms with Crippen molar-refractivity contribution in [1.29, 1.82) is 5.41 Å². The Balaban J connectivity index is 1.49. The first-order valence-corrected chi connectivity index (χ1v) is 15.0. The van der Waals surface area contributed by atoms with E-state index in [-0.39, 0.29) is 18.2 Å². The highest BCUT2D eigenvalue weighted by Gasteiger charge is 2.37. The van der Waals surface area contributed by atoms with Crippen molar-refractivity contribution in [2.24, 2.45) is 5.73 Å². The van der Waals surface area contributed by atoms with Crippen LogP contribution in [-0.4, -0.2) is 42.2 Å².